The average molecular weight is 365 g/mol. The summed E-state index contributed by atoms with van der Waals surface area (Å²) in [5, 5.41) is 12.5. The molecule has 0 amide bonds. The molecule has 3 rings (SSSR count). The highest BCUT2D eigenvalue weighted by atomic mass is 19.2. The summed E-state index contributed by atoms with van der Waals surface area (Å²) >= 11 is 0. The number of halogens is 3. The Morgan fingerprint density at radius 1 is 1.23 bits per heavy atom. The van der Waals surface area contributed by atoms with Gasteiger partial charge >= 0.3 is 0 Å². The van der Waals surface area contributed by atoms with Gasteiger partial charge in [0.05, 0.1) is 5.69 Å². The average Bonchev–Trinajstić information content (AvgIpc) is 2.66. The van der Waals surface area contributed by atoms with Crippen LogP contribution in [0.25, 0.3) is 0 Å². The van der Waals surface area contributed by atoms with Gasteiger partial charge in [-0.25, -0.2) is 13.2 Å². The highest BCUT2D eigenvalue weighted by Crippen LogP contribution is 2.45. The molecule has 26 heavy (non-hydrogen) atoms. The second-order valence-electron chi connectivity index (χ2n) is 7.65. The number of nitrogens with one attached hydrogen (secondary N) is 1. The number of fused-ring (bicyclic) bond motifs is 1. The Bertz CT molecular complexity index is 716. The molecule has 2 unspecified atom stereocenters. The second kappa shape index (κ2) is 7.87. The third-order valence-electron chi connectivity index (χ3n) is 5.88. The Balaban J connectivity index is 1.96. The van der Waals surface area contributed by atoms with Crippen molar-refractivity contribution in [2.45, 2.75) is 45.1 Å². The minimum atomic E-state index is -1.42. The van der Waals surface area contributed by atoms with Crippen LogP contribution in [0.15, 0.2) is 30.4 Å². The zero-order valence-corrected chi connectivity index (χ0v) is 15.2. The van der Waals surface area contributed by atoms with Gasteiger partial charge in [-0.15, -0.1) is 0 Å². The van der Waals surface area contributed by atoms with E-state index in [4.69, 9.17) is 0 Å². The minimum absolute atomic E-state index is 0.0658. The molecule has 2 aliphatic rings. The van der Waals surface area contributed by atoms with Crippen LogP contribution in [0.1, 0.15) is 44.6 Å². The summed E-state index contributed by atoms with van der Waals surface area (Å²) in [4.78, 5) is 0. The molecular weight excluding hydrogens is 339 g/mol. The molecule has 1 aromatic carbocycles. The lowest BCUT2D eigenvalue weighted by molar-refractivity contribution is 0.207. The van der Waals surface area contributed by atoms with Gasteiger partial charge in [0.15, 0.2) is 17.5 Å². The van der Waals surface area contributed by atoms with Crippen molar-refractivity contribution in [2.24, 2.45) is 17.8 Å². The van der Waals surface area contributed by atoms with E-state index in [0.29, 0.717) is 5.56 Å². The van der Waals surface area contributed by atoms with Crippen molar-refractivity contribution >= 4 is 5.69 Å². The molecule has 1 heterocycles. The van der Waals surface area contributed by atoms with Gasteiger partial charge in [-0.3, -0.25) is 0 Å². The molecule has 0 saturated heterocycles. The van der Waals surface area contributed by atoms with E-state index in [1.165, 1.54) is 0 Å². The molecule has 0 saturated carbocycles. The molecule has 0 fully saturated rings. The third kappa shape index (κ3) is 3.54. The molecule has 0 radical (unpaired) electrons. The van der Waals surface area contributed by atoms with E-state index in [1.807, 2.05) is 26.0 Å². The topological polar surface area (TPSA) is 32.3 Å². The summed E-state index contributed by atoms with van der Waals surface area (Å²) in [6.07, 6.45) is 10.6. The fourth-order valence-electron chi connectivity index (χ4n) is 4.22. The number of hydrogen-bond donors (Lipinski definition) is 2. The van der Waals surface area contributed by atoms with Gasteiger partial charge in [0.1, 0.15) is 0 Å². The number of hydrogen-bond acceptors (Lipinski definition) is 2. The van der Waals surface area contributed by atoms with Gasteiger partial charge in [-0.05, 0) is 48.6 Å². The normalized spacial score (nSPS) is 28.5. The van der Waals surface area contributed by atoms with Crippen molar-refractivity contribution in [1.29, 1.82) is 0 Å². The highest BCUT2D eigenvalue weighted by molar-refractivity contribution is 5.58. The first-order chi connectivity index (χ1) is 12.4. The Kier molecular flexibility index (Phi) is 5.76. The Labute approximate surface area is 152 Å². The standard InChI is InChI=1S/C21H26F3NO/c1-12(11-26)8-9-15-13(2)16-10-17(22)18(23)19(24)21(16)25-20(15)14-6-4-3-5-7-14/h3-6,10,12-15,20,25-26H,7-9,11H2,1-2H3/t12-,13?,14?,15-,20+/m1/s1. The summed E-state index contributed by atoms with van der Waals surface area (Å²) in [5.74, 6) is -3.32. The maximum Gasteiger partial charge on any atom is 0.196 e. The zero-order chi connectivity index (χ0) is 18.8. The number of aliphatic hydroxyl groups excluding tert-OH is 1. The number of aliphatic hydroxyl groups is 1. The van der Waals surface area contributed by atoms with Crippen LogP contribution in [0.2, 0.25) is 0 Å². The molecule has 142 valence electrons. The molecule has 1 aliphatic heterocycles. The lowest BCUT2D eigenvalue weighted by Gasteiger charge is -2.43. The molecule has 1 aliphatic carbocycles. The van der Waals surface area contributed by atoms with Crippen LogP contribution < -0.4 is 5.32 Å². The molecule has 0 spiro atoms. The van der Waals surface area contributed by atoms with E-state index in [1.54, 1.807) is 0 Å². The summed E-state index contributed by atoms with van der Waals surface area (Å²) in [7, 11) is 0. The lowest BCUT2D eigenvalue weighted by Crippen LogP contribution is -2.43. The fourth-order valence-corrected chi connectivity index (χ4v) is 4.22. The highest BCUT2D eigenvalue weighted by Gasteiger charge is 2.39. The summed E-state index contributed by atoms with van der Waals surface area (Å²) < 4.78 is 42.0. The largest absolute Gasteiger partial charge is 0.396 e. The SMILES string of the molecule is CC1c2cc(F)c(F)c(F)c2N[C@@H](C2C=CC=CC2)[C@@H]1CC[C@@H](C)CO. The number of rotatable bonds is 5. The lowest BCUT2D eigenvalue weighted by atomic mass is 9.70. The molecule has 0 bridgehead atoms. The van der Waals surface area contributed by atoms with Crippen molar-refractivity contribution in [3.8, 4) is 0 Å². The van der Waals surface area contributed by atoms with Crippen molar-refractivity contribution in [2.75, 3.05) is 11.9 Å². The van der Waals surface area contributed by atoms with E-state index in [9.17, 15) is 18.3 Å². The smallest absolute Gasteiger partial charge is 0.196 e. The van der Waals surface area contributed by atoms with E-state index < -0.39 is 17.5 Å². The van der Waals surface area contributed by atoms with E-state index in [0.717, 1.165) is 25.3 Å². The maximum atomic E-state index is 14.4. The van der Waals surface area contributed by atoms with Crippen LogP contribution in [0, 0.1) is 35.2 Å². The van der Waals surface area contributed by atoms with Gasteiger partial charge in [0.2, 0.25) is 0 Å². The Hall–Kier alpha value is -1.75. The van der Waals surface area contributed by atoms with E-state index in [2.05, 4.69) is 17.5 Å². The number of benzene rings is 1. The van der Waals surface area contributed by atoms with Gasteiger partial charge in [-0.1, -0.05) is 38.2 Å². The summed E-state index contributed by atoms with van der Waals surface area (Å²) in [6, 6.07) is 1.06. The zero-order valence-electron chi connectivity index (χ0n) is 15.2. The minimum Gasteiger partial charge on any atom is -0.396 e. The second-order valence-corrected chi connectivity index (χ2v) is 7.65. The van der Waals surface area contributed by atoms with Crippen molar-refractivity contribution in [3.63, 3.8) is 0 Å². The number of allylic oxidation sites excluding steroid dienone is 3. The summed E-state index contributed by atoms with van der Waals surface area (Å²) in [6.45, 7) is 4.07. The molecule has 0 aromatic heterocycles. The first kappa shape index (κ1) is 19.0. The van der Waals surface area contributed by atoms with Crippen LogP contribution in [0.3, 0.4) is 0 Å². The van der Waals surface area contributed by atoms with Crippen molar-refractivity contribution in [3.05, 3.63) is 53.4 Å². The monoisotopic (exact) mass is 365 g/mol. The predicted molar refractivity (Wildman–Crippen MR) is 97.5 cm³/mol. The molecule has 1 aromatic rings. The maximum absolute atomic E-state index is 14.4. The predicted octanol–water partition coefficient (Wildman–Crippen LogP) is 5.16. The molecule has 5 atom stereocenters. The van der Waals surface area contributed by atoms with Crippen LogP contribution in [-0.2, 0) is 0 Å². The van der Waals surface area contributed by atoms with E-state index in [-0.39, 0.29) is 42.0 Å². The van der Waals surface area contributed by atoms with Crippen LogP contribution in [0.5, 0.6) is 0 Å². The van der Waals surface area contributed by atoms with Gasteiger partial charge < -0.3 is 10.4 Å². The molecule has 2 N–H and O–H groups in total. The third-order valence-corrected chi connectivity index (χ3v) is 5.88. The Morgan fingerprint density at radius 3 is 2.65 bits per heavy atom. The van der Waals surface area contributed by atoms with Crippen molar-refractivity contribution < 1.29 is 18.3 Å². The number of anilines is 1. The Morgan fingerprint density at radius 2 is 2.00 bits per heavy atom. The first-order valence-corrected chi connectivity index (χ1v) is 9.32. The first-order valence-electron chi connectivity index (χ1n) is 9.32. The van der Waals surface area contributed by atoms with Crippen molar-refractivity contribution in [1.82, 2.24) is 0 Å². The van der Waals surface area contributed by atoms with Gasteiger partial charge in [0.25, 0.3) is 0 Å². The molecule has 2 nitrogen and oxygen atoms in total. The quantitative estimate of drug-likeness (QED) is 0.707. The van der Waals surface area contributed by atoms with Crippen LogP contribution in [0.4, 0.5) is 18.9 Å². The summed E-state index contributed by atoms with van der Waals surface area (Å²) in [5.41, 5.74) is 0.588. The molecular formula is C21H26F3NO. The van der Waals surface area contributed by atoms with Crippen LogP contribution >= 0.6 is 0 Å². The van der Waals surface area contributed by atoms with Gasteiger partial charge in [0, 0.05) is 18.6 Å². The van der Waals surface area contributed by atoms with E-state index >= 15 is 0 Å². The molecule has 5 heteroatoms. The fraction of sp³-hybridized carbons (Fsp3) is 0.524. The van der Waals surface area contributed by atoms with Crippen LogP contribution in [-0.4, -0.2) is 17.8 Å². The van der Waals surface area contributed by atoms with Gasteiger partial charge in [-0.2, -0.15) is 0 Å².